The second-order valence-corrected chi connectivity index (χ2v) is 2.30. The molecule has 0 N–H and O–H groups in total. The summed E-state index contributed by atoms with van der Waals surface area (Å²) in [4.78, 5) is 21.0. The molecule has 0 aromatic rings. The van der Waals surface area contributed by atoms with E-state index in [-0.39, 0.29) is 6.61 Å². The predicted octanol–water partition coefficient (Wildman–Crippen LogP) is 1.04. The molecule has 0 aromatic carbocycles. The Bertz CT molecular complexity index is 223. The van der Waals surface area contributed by atoms with E-state index in [1.165, 1.54) is 6.92 Å². The monoisotopic (exact) mass is 214 g/mol. The Morgan fingerprint density at radius 3 is 2.21 bits per heavy atom. The topological polar surface area (TPSA) is 52.6 Å². The number of esters is 2. The highest BCUT2D eigenvalue weighted by molar-refractivity contribution is 5.81. The summed E-state index contributed by atoms with van der Waals surface area (Å²) >= 11 is 0. The molecule has 4 nitrogen and oxygen atoms in total. The van der Waals surface area contributed by atoms with Crippen molar-refractivity contribution in [2.45, 2.75) is 26.1 Å². The normalized spacial score (nSPS) is 13.2. The molecule has 7 heteroatoms. The van der Waals surface area contributed by atoms with Crippen LogP contribution in [0.25, 0.3) is 0 Å². The summed E-state index contributed by atoms with van der Waals surface area (Å²) in [5, 5.41) is 0. The van der Waals surface area contributed by atoms with Crippen LogP contribution in [0.3, 0.4) is 0 Å². The van der Waals surface area contributed by atoms with Crippen LogP contribution in [-0.2, 0) is 19.1 Å². The van der Waals surface area contributed by atoms with E-state index in [2.05, 4.69) is 9.47 Å². The molecule has 0 radical (unpaired) electrons. The van der Waals surface area contributed by atoms with Crippen molar-refractivity contribution in [1.29, 1.82) is 0 Å². The van der Waals surface area contributed by atoms with Crippen LogP contribution in [0.2, 0.25) is 0 Å². The molecule has 0 fully saturated rings. The van der Waals surface area contributed by atoms with Gasteiger partial charge < -0.3 is 9.47 Å². The number of rotatable bonds is 3. The first-order valence-corrected chi connectivity index (χ1v) is 3.73. The number of alkyl halides is 3. The average Bonchev–Trinajstić information content (AvgIpc) is 2.02. The van der Waals surface area contributed by atoms with Gasteiger partial charge in [-0.2, -0.15) is 13.2 Å². The lowest BCUT2D eigenvalue weighted by atomic mass is 10.4. The lowest BCUT2D eigenvalue weighted by Gasteiger charge is -2.12. The minimum Gasteiger partial charge on any atom is -0.463 e. The van der Waals surface area contributed by atoms with Crippen molar-refractivity contribution in [1.82, 2.24) is 0 Å². The zero-order valence-electron chi connectivity index (χ0n) is 7.55. The molecule has 0 bridgehead atoms. The Balaban J connectivity index is 4.13. The van der Waals surface area contributed by atoms with E-state index in [1.54, 1.807) is 0 Å². The summed E-state index contributed by atoms with van der Waals surface area (Å²) in [5.74, 6) is -3.41. The van der Waals surface area contributed by atoms with Crippen LogP contribution >= 0.6 is 0 Å². The maximum absolute atomic E-state index is 11.6. The molecule has 1 unspecified atom stereocenters. The SMILES string of the molecule is CCOC(=O)C(C)OC(=O)C(F)(F)F. The molecule has 14 heavy (non-hydrogen) atoms. The van der Waals surface area contributed by atoms with Crippen LogP contribution in [0.1, 0.15) is 13.8 Å². The van der Waals surface area contributed by atoms with Crippen LogP contribution in [0, 0.1) is 0 Å². The first kappa shape index (κ1) is 12.7. The smallest absolute Gasteiger partial charge is 0.463 e. The number of hydrogen-bond donors (Lipinski definition) is 0. The van der Waals surface area contributed by atoms with Gasteiger partial charge in [0.1, 0.15) is 0 Å². The summed E-state index contributed by atoms with van der Waals surface area (Å²) in [6, 6.07) is 0. The molecule has 0 rings (SSSR count). The van der Waals surface area contributed by atoms with Gasteiger partial charge >= 0.3 is 18.1 Å². The molecule has 1 atom stereocenters. The van der Waals surface area contributed by atoms with Gasteiger partial charge in [-0.15, -0.1) is 0 Å². The van der Waals surface area contributed by atoms with Crippen molar-refractivity contribution >= 4 is 11.9 Å². The molecule has 0 saturated carbocycles. The van der Waals surface area contributed by atoms with E-state index >= 15 is 0 Å². The van der Waals surface area contributed by atoms with Crippen molar-refractivity contribution in [3.63, 3.8) is 0 Å². The van der Waals surface area contributed by atoms with Crippen LogP contribution in [0.15, 0.2) is 0 Å². The lowest BCUT2D eigenvalue weighted by molar-refractivity contribution is -0.207. The van der Waals surface area contributed by atoms with Gasteiger partial charge in [0.25, 0.3) is 0 Å². The first-order chi connectivity index (χ1) is 6.29. The molecule has 0 aromatic heterocycles. The molecule has 0 aliphatic heterocycles. The largest absolute Gasteiger partial charge is 0.490 e. The fourth-order valence-electron chi connectivity index (χ4n) is 0.535. The van der Waals surface area contributed by atoms with Crippen LogP contribution < -0.4 is 0 Å². The van der Waals surface area contributed by atoms with Gasteiger partial charge in [0.2, 0.25) is 0 Å². The van der Waals surface area contributed by atoms with Gasteiger partial charge in [0.05, 0.1) is 6.61 Å². The maximum atomic E-state index is 11.6. The quantitative estimate of drug-likeness (QED) is 0.659. The summed E-state index contributed by atoms with van der Waals surface area (Å²) < 4.78 is 43.0. The average molecular weight is 214 g/mol. The summed E-state index contributed by atoms with van der Waals surface area (Å²) in [7, 11) is 0. The number of carbonyl (C=O) groups excluding carboxylic acids is 2. The Hall–Kier alpha value is -1.27. The predicted molar refractivity (Wildman–Crippen MR) is 38.2 cm³/mol. The van der Waals surface area contributed by atoms with Gasteiger partial charge in [-0.1, -0.05) is 0 Å². The minimum atomic E-state index is -5.10. The van der Waals surface area contributed by atoms with E-state index < -0.39 is 24.2 Å². The highest BCUT2D eigenvalue weighted by Gasteiger charge is 2.42. The minimum absolute atomic E-state index is 0.00669. The number of hydrogen-bond acceptors (Lipinski definition) is 4. The van der Waals surface area contributed by atoms with Gasteiger partial charge in [-0.3, -0.25) is 0 Å². The first-order valence-electron chi connectivity index (χ1n) is 3.73. The summed E-state index contributed by atoms with van der Waals surface area (Å²) in [6.07, 6.45) is -6.65. The maximum Gasteiger partial charge on any atom is 0.490 e. The zero-order valence-corrected chi connectivity index (χ0v) is 7.55. The lowest BCUT2D eigenvalue weighted by Crippen LogP contribution is -2.33. The number of ether oxygens (including phenoxy) is 2. The van der Waals surface area contributed by atoms with Crippen LogP contribution in [-0.4, -0.2) is 30.8 Å². The second kappa shape index (κ2) is 4.83. The highest BCUT2D eigenvalue weighted by atomic mass is 19.4. The third-order valence-corrected chi connectivity index (χ3v) is 1.13. The molecular formula is C7H9F3O4. The number of carbonyl (C=O) groups is 2. The van der Waals surface area contributed by atoms with E-state index in [0.29, 0.717) is 0 Å². The Labute approximate surface area is 78.0 Å². The van der Waals surface area contributed by atoms with E-state index in [1.807, 2.05) is 0 Å². The number of halogens is 3. The van der Waals surface area contributed by atoms with E-state index in [0.717, 1.165) is 6.92 Å². The molecular weight excluding hydrogens is 205 g/mol. The standard InChI is InChI=1S/C7H9F3O4/c1-3-13-5(11)4(2)14-6(12)7(8,9)10/h4H,3H2,1-2H3. The molecule has 82 valence electrons. The van der Waals surface area contributed by atoms with E-state index in [4.69, 9.17) is 0 Å². The molecule has 0 amide bonds. The van der Waals surface area contributed by atoms with Gasteiger partial charge in [-0.25, -0.2) is 9.59 Å². The van der Waals surface area contributed by atoms with Crippen molar-refractivity contribution in [3.05, 3.63) is 0 Å². The summed E-state index contributed by atoms with van der Waals surface area (Å²) in [6.45, 7) is 2.49. The van der Waals surface area contributed by atoms with Crippen molar-refractivity contribution in [2.75, 3.05) is 6.61 Å². The molecule has 0 spiro atoms. The van der Waals surface area contributed by atoms with Crippen molar-refractivity contribution < 1.29 is 32.2 Å². The molecule has 0 aliphatic rings. The second-order valence-electron chi connectivity index (χ2n) is 2.30. The fourth-order valence-corrected chi connectivity index (χ4v) is 0.535. The van der Waals surface area contributed by atoms with Gasteiger partial charge in [0, 0.05) is 0 Å². The highest BCUT2D eigenvalue weighted by Crippen LogP contribution is 2.17. The molecule has 0 saturated heterocycles. The van der Waals surface area contributed by atoms with Crippen molar-refractivity contribution in [2.24, 2.45) is 0 Å². The van der Waals surface area contributed by atoms with Gasteiger partial charge in [-0.05, 0) is 13.8 Å². The van der Waals surface area contributed by atoms with Gasteiger partial charge in [0.15, 0.2) is 6.10 Å². The fraction of sp³-hybridized carbons (Fsp3) is 0.714. The van der Waals surface area contributed by atoms with Crippen molar-refractivity contribution in [3.8, 4) is 0 Å². The third-order valence-electron chi connectivity index (χ3n) is 1.13. The molecule has 0 heterocycles. The molecule has 0 aliphatic carbocycles. The third kappa shape index (κ3) is 4.11. The zero-order chi connectivity index (χ0) is 11.4. The van der Waals surface area contributed by atoms with Crippen LogP contribution in [0.5, 0.6) is 0 Å². The Morgan fingerprint density at radius 1 is 1.36 bits per heavy atom. The summed E-state index contributed by atoms with van der Waals surface area (Å²) in [5.41, 5.74) is 0. The van der Waals surface area contributed by atoms with Crippen LogP contribution in [0.4, 0.5) is 13.2 Å². The van der Waals surface area contributed by atoms with E-state index in [9.17, 15) is 22.8 Å². The Morgan fingerprint density at radius 2 is 1.86 bits per heavy atom. The Kier molecular flexibility index (Phi) is 4.39.